The molecule has 0 amide bonds. The molecule has 0 bridgehead atoms. The number of rotatable bonds is 3. The summed E-state index contributed by atoms with van der Waals surface area (Å²) >= 11 is 0. The van der Waals surface area contributed by atoms with E-state index in [4.69, 9.17) is 5.11 Å². The van der Waals surface area contributed by atoms with Crippen LogP contribution in [0.2, 0.25) is 0 Å². The van der Waals surface area contributed by atoms with E-state index in [1.54, 1.807) is 30.3 Å². The topological polar surface area (TPSA) is 88.3 Å². The Morgan fingerprint density at radius 1 is 1.12 bits per heavy atom. The summed E-state index contributed by atoms with van der Waals surface area (Å²) in [4.78, 5) is 13.5. The highest BCUT2D eigenvalue weighted by atomic mass is 16.6. The molecular weight excluding hydrogens is 222 g/mol. The molecule has 0 spiro atoms. The highest BCUT2D eigenvalue weighted by Gasteiger charge is 2.05. The summed E-state index contributed by atoms with van der Waals surface area (Å²) in [5, 5.41) is 22.5. The van der Waals surface area contributed by atoms with Crippen molar-refractivity contribution in [1.29, 1.82) is 0 Å². The van der Waals surface area contributed by atoms with Crippen molar-refractivity contribution >= 4 is 17.2 Å². The molecule has 0 saturated carbocycles. The van der Waals surface area contributed by atoms with E-state index in [-0.39, 0.29) is 11.6 Å². The molecule has 0 atom stereocenters. The zero-order chi connectivity index (χ0) is 12.3. The summed E-state index contributed by atoms with van der Waals surface area (Å²) < 4.78 is 0. The summed E-state index contributed by atoms with van der Waals surface area (Å²) in [5.41, 5.74) is 1.40. The Labute approximate surface area is 96.7 Å². The van der Waals surface area contributed by atoms with Crippen LogP contribution in [0.15, 0.2) is 42.6 Å². The van der Waals surface area contributed by atoms with Crippen LogP contribution in [0, 0.1) is 10.1 Å². The van der Waals surface area contributed by atoms with Crippen molar-refractivity contribution in [2.24, 2.45) is 0 Å². The zero-order valence-corrected chi connectivity index (χ0v) is 8.70. The minimum Gasteiger partial charge on any atom is -0.508 e. The van der Waals surface area contributed by atoms with Crippen molar-refractivity contribution in [3.05, 3.63) is 52.7 Å². The van der Waals surface area contributed by atoms with E-state index in [1.165, 1.54) is 12.3 Å². The van der Waals surface area contributed by atoms with E-state index in [0.29, 0.717) is 5.69 Å². The molecule has 0 unspecified atom stereocenters. The molecule has 2 rings (SSSR count). The van der Waals surface area contributed by atoms with Gasteiger partial charge in [0, 0.05) is 11.8 Å². The Hall–Kier alpha value is -2.63. The number of nitrogens with one attached hydrogen (secondary N) is 1. The molecule has 1 heterocycles. The Balaban J connectivity index is 2.13. The molecule has 1 aromatic carbocycles. The molecule has 86 valence electrons. The average Bonchev–Trinajstić information content (AvgIpc) is 2.33. The van der Waals surface area contributed by atoms with Crippen LogP contribution in [0.5, 0.6) is 5.75 Å². The molecule has 2 N–H and O–H groups in total. The lowest BCUT2D eigenvalue weighted by Crippen LogP contribution is -1.94. The van der Waals surface area contributed by atoms with Crippen LogP contribution in [0.4, 0.5) is 17.2 Å². The molecule has 0 aliphatic carbocycles. The van der Waals surface area contributed by atoms with Crippen molar-refractivity contribution < 1.29 is 10.0 Å². The van der Waals surface area contributed by atoms with Gasteiger partial charge in [0.2, 0.25) is 0 Å². The minimum atomic E-state index is -0.551. The maximum atomic E-state index is 10.4. The molecule has 0 saturated heterocycles. The Kier molecular flexibility index (Phi) is 2.87. The number of aromatic nitrogens is 1. The van der Waals surface area contributed by atoms with E-state index in [9.17, 15) is 10.1 Å². The first-order chi connectivity index (χ1) is 8.15. The number of phenols is 1. The lowest BCUT2D eigenvalue weighted by Gasteiger charge is -2.04. The maximum absolute atomic E-state index is 10.4. The summed E-state index contributed by atoms with van der Waals surface area (Å²) in [6, 6.07) is 9.36. The molecule has 6 nitrogen and oxygen atoms in total. The number of nitro groups is 1. The predicted octanol–water partition coefficient (Wildman–Crippen LogP) is 2.44. The third-order valence-corrected chi connectivity index (χ3v) is 2.09. The smallest absolute Gasteiger partial charge is 0.363 e. The van der Waals surface area contributed by atoms with Gasteiger partial charge in [-0.15, -0.1) is 0 Å². The highest BCUT2D eigenvalue weighted by Crippen LogP contribution is 2.19. The standard InChI is InChI=1S/C11H9N3O3/c15-10-4-1-8(2-5-10)13-9-3-6-11(12-7-9)14(16)17/h1-7,13,15H. The fourth-order valence-corrected chi connectivity index (χ4v) is 1.28. The minimum absolute atomic E-state index is 0.178. The van der Waals surface area contributed by atoms with Crippen molar-refractivity contribution in [3.8, 4) is 5.75 Å². The van der Waals surface area contributed by atoms with E-state index < -0.39 is 4.92 Å². The quantitative estimate of drug-likeness (QED) is 0.481. The molecule has 1 aromatic heterocycles. The van der Waals surface area contributed by atoms with E-state index in [1.807, 2.05) is 0 Å². The number of hydrogen-bond acceptors (Lipinski definition) is 5. The van der Waals surface area contributed by atoms with Crippen LogP contribution in [0.3, 0.4) is 0 Å². The van der Waals surface area contributed by atoms with Gasteiger partial charge < -0.3 is 20.5 Å². The third-order valence-electron chi connectivity index (χ3n) is 2.09. The molecular formula is C11H9N3O3. The van der Waals surface area contributed by atoms with Crippen molar-refractivity contribution in [2.45, 2.75) is 0 Å². The van der Waals surface area contributed by atoms with Crippen LogP contribution < -0.4 is 5.32 Å². The normalized spacial score (nSPS) is 9.88. The SMILES string of the molecule is O=[N+]([O-])c1ccc(Nc2ccc(O)cc2)cn1. The maximum Gasteiger partial charge on any atom is 0.363 e. The lowest BCUT2D eigenvalue weighted by molar-refractivity contribution is -0.389. The Morgan fingerprint density at radius 2 is 1.76 bits per heavy atom. The summed E-state index contributed by atoms with van der Waals surface area (Å²) in [6.45, 7) is 0. The van der Waals surface area contributed by atoms with Crippen LogP contribution >= 0.6 is 0 Å². The number of hydrogen-bond donors (Lipinski definition) is 2. The van der Waals surface area contributed by atoms with Gasteiger partial charge in [0.25, 0.3) is 0 Å². The van der Waals surface area contributed by atoms with Gasteiger partial charge >= 0.3 is 5.82 Å². The first-order valence-corrected chi connectivity index (χ1v) is 4.81. The van der Waals surface area contributed by atoms with Gasteiger partial charge in [0.1, 0.15) is 5.75 Å². The fraction of sp³-hybridized carbons (Fsp3) is 0. The first kappa shape index (κ1) is 10.9. The monoisotopic (exact) mass is 231 g/mol. The molecule has 0 fully saturated rings. The summed E-state index contributed by atoms with van der Waals surface area (Å²) in [6.07, 6.45) is 1.38. The van der Waals surface area contributed by atoms with Gasteiger partial charge in [-0.05, 0) is 40.2 Å². The second-order valence-corrected chi connectivity index (χ2v) is 3.33. The molecule has 0 aliphatic rings. The summed E-state index contributed by atoms with van der Waals surface area (Å²) in [7, 11) is 0. The zero-order valence-electron chi connectivity index (χ0n) is 8.70. The number of pyridine rings is 1. The van der Waals surface area contributed by atoms with Crippen molar-refractivity contribution in [1.82, 2.24) is 4.98 Å². The number of aromatic hydroxyl groups is 1. The van der Waals surface area contributed by atoms with E-state index in [2.05, 4.69) is 10.3 Å². The second kappa shape index (κ2) is 4.48. The molecule has 6 heteroatoms. The van der Waals surface area contributed by atoms with Gasteiger partial charge in [-0.2, -0.15) is 0 Å². The Bertz CT molecular complexity index is 523. The first-order valence-electron chi connectivity index (χ1n) is 4.81. The highest BCUT2D eigenvalue weighted by molar-refractivity contribution is 5.59. The van der Waals surface area contributed by atoms with Crippen LogP contribution in [0.25, 0.3) is 0 Å². The number of anilines is 2. The second-order valence-electron chi connectivity index (χ2n) is 3.33. The predicted molar refractivity (Wildman–Crippen MR) is 62.3 cm³/mol. The molecule has 17 heavy (non-hydrogen) atoms. The van der Waals surface area contributed by atoms with Gasteiger partial charge in [-0.25, -0.2) is 0 Å². The average molecular weight is 231 g/mol. The van der Waals surface area contributed by atoms with Crippen LogP contribution in [-0.2, 0) is 0 Å². The van der Waals surface area contributed by atoms with Gasteiger partial charge in [-0.3, -0.25) is 0 Å². The van der Waals surface area contributed by atoms with Gasteiger partial charge in [-0.1, -0.05) is 0 Å². The van der Waals surface area contributed by atoms with E-state index in [0.717, 1.165) is 5.69 Å². The molecule has 0 aliphatic heterocycles. The van der Waals surface area contributed by atoms with Crippen molar-refractivity contribution in [2.75, 3.05) is 5.32 Å². The molecule has 2 aromatic rings. The number of nitrogens with zero attached hydrogens (tertiary/aromatic N) is 2. The van der Waals surface area contributed by atoms with Crippen LogP contribution in [-0.4, -0.2) is 15.0 Å². The lowest BCUT2D eigenvalue weighted by atomic mass is 10.3. The number of phenolic OH excluding ortho intramolecular Hbond substituents is 1. The number of benzene rings is 1. The largest absolute Gasteiger partial charge is 0.508 e. The fourth-order valence-electron chi connectivity index (χ4n) is 1.28. The van der Waals surface area contributed by atoms with Crippen molar-refractivity contribution in [3.63, 3.8) is 0 Å². The van der Waals surface area contributed by atoms with E-state index >= 15 is 0 Å². The van der Waals surface area contributed by atoms with Gasteiger partial charge in [0.05, 0.1) is 5.69 Å². The van der Waals surface area contributed by atoms with Gasteiger partial charge in [0.15, 0.2) is 6.20 Å². The summed E-state index contributed by atoms with van der Waals surface area (Å²) in [5.74, 6) is -0.0152. The molecule has 0 radical (unpaired) electrons. The third kappa shape index (κ3) is 2.69. The van der Waals surface area contributed by atoms with Crippen LogP contribution in [0.1, 0.15) is 0 Å². The Morgan fingerprint density at radius 3 is 2.29 bits per heavy atom.